The molecule has 1 heterocycles. The largest absolute Gasteiger partial charge is 0.461 e. The van der Waals surface area contributed by atoms with Crippen molar-refractivity contribution in [3.63, 3.8) is 0 Å². The second-order valence-electron chi connectivity index (χ2n) is 5.78. The van der Waals surface area contributed by atoms with E-state index in [9.17, 15) is 5.11 Å². The maximum Gasteiger partial charge on any atom is 0.323 e. The van der Waals surface area contributed by atoms with Crippen molar-refractivity contribution in [3.8, 4) is 6.01 Å². The third-order valence-corrected chi connectivity index (χ3v) is 2.93. The molecule has 7 heteroatoms. The van der Waals surface area contributed by atoms with Crippen molar-refractivity contribution in [2.45, 2.75) is 58.8 Å². The molecule has 0 amide bonds. The second-order valence-corrected chi connectivity index (χ2v) is 5.78. The first-order valence-corrected chi connectivity index (χ1v) is 6.20. The normalized spacial score (nSPS) is 12.6. The van der Waals surface area contributed by atoms with Gasteiger partial charge in [-0.25, -0.2) is 0 Å². The molecule has 0 fully saturated rings. The number of nitrogens with two attached hydrogens (primary N) is 1. The lowest BCUT2D eigenvalue weighted by Crippen LogP contribution is -2.51. The lowest BCUT2D eigenvalue weighted by molar-refractivity contribution is 0.0236. The lowest BCUT2D eigenvalue weighted by Gasteiger charge is -2.37. The van der Waals surface area contributed by atoms with Crippen LogP contribution in [0.4, 0.5) is 11.9 Å². The SMILES string of the molecule is CC(C)Oc1nc(N)nc(NC(C)(C)C(C)(C)O)n1. The molecule has 0 aliphatic heterocycles. The quantitative estimate of drug-likeness (QED) is 0.737. The molecule has 108 valence electrons. The average Bonchev–Trinajstić information content (AvgIpc) is 2.11. The summed E-state index contributed by atoms with van der Waals surface area (Å²) in [6.45, 7) is 10.8. The van der Waals surface area contributed by atoms with Crippen molar-refractivity contribution in [2.75, 3.05) is 11.1 Å². The van der Waals surface area contributed by atoms with Gasteiger partial charge in [0.2, 0.25) is 11.9 Å². The summed E-state index contributed by atoms with van der Waals surface area (Å²) >= 11 is 0. The molecule has 0 spiro atoms. The smallest absolute Gasteiger partial charge is 0.323 e. The maximum absolute atomic E-state index is 10.1. The highest BCUT2D eigenvalue weighted by atomic mass is 16.5. The molecular formula is C12H23N5O2. The Labute approximate surface area is 113 Å². The van der Waals surface area contributed by atoms with Gasteiger partial charge in [0.1, 0.15) is 0 Å². The number of ether oxygens (including phenoxy) is 1. The number of nitrogens with one attached hydrogen (secondary N) is 1. The first kappa shape index (κ1) is 15.4. The van der Waals surface area contributed by atoms with E-state index >= 15 is 0 Å². The molecule has 0 aromatic carbocycles. The van der Waals surface area contributed by atoms with E-state index in [2.05, 4.69) is 20.3 Å². The number of nitrogens with zero attached hydrogens (tertiary/aromatic N) is 3. The van der Waals surface area contributed by atoms with E-state index in [-0.39, 0.29) is 24.0 Å². The summed E-state index contributed by atoms with van der Waals surface area (Å²) in [6, 6.07) is 0.163. The minimum Gasteiger partial charge on any atom is -0.461 e. The predicted octanol–water partition coefficient (Wildman–Crippen LogP) is 1.20. The van der Waals surface area contributed by atoms with Gasteiger partial charge in [0.25, 0.3) is 0 Å². The van der Waals surface area contributed by atoms with E-state index in [0.29, 0.717) is 0 Å². The molecule has 1 aromatic heterocycles. The van der Waals surface area contributed by atoms with Crippen LogP contribution in [0.15, 0.2) is 0 Å². The van der Waals surface area contributed by atoms with Crippen molar-refractivity contribution in [3.05, 3.63) is 0 Å². The third-order valence-electron chi connectivity index (χ3n) is 2.93. The highest BCUT2D eigenvalue weighted by molar-refractivity contribution is 5.36. The van der Waals surface area contributed by atoms with E-state index in [0.717, 1.165) is 0 Å². The molecule has 0 atom stereocenters. The van der Waals surface area contributed by atoms with Crippen molar-refractivity contribution in [2.24, 2.45) is 0 Å². The Morgan fingerprint density at radius 1 is 1.16 bits per heavy atom. The van der Waals surface area contributed by atoms with Gasteiger partial charge in [0.15, 0.2) is 0 Å². The molecular weight excluding hydrogens is 246 g/mol. The predicted molar refractivity (Wildman–Crippen MR) is 74.0 cm³/mol. The fourth-order valence-corrected chi connectivity index (χ4v) is 1.12. The molecule has 0 radical (unpaired) electrons. The molecule has 0 unspecified atom stereocenters. The highest BCUT2D eigenvalue weighted by Gasteiger charge is 2.35. The lowest BCUT2D eigenvalue weighted by atomic mass is 9.86. The molecule has 0 aliphatic rings. The zero-order valence-corrected chi connectivity index (χ0v) is 12.4. The van der Waals surface area contributed by atoms with E-state index in [1.807, 2.05) is 27.7 Å². The van der Waals surface area contributed by atoms with E-state index in [4.69, 9.17) is 10.5 Å². The van der Waals surface area contributed by atoms with Crippen LogP contribution < -0.4 is 15.8 Å². The number of rotatable bonds is 5. The summed E-state index contributed by atoms with van der Waals surface area (Å²) in [5.74, 6) is 0.343. The van der Waals surface area contributed by atoms with Gasteiger partial charge in [-0.05, 0) is 41.5 Å². The number of aliphatic hydroxyl groups is 1. The van der Waals surface area contributed by atoms with Gasteiger partial charge in [-0.1, -0.05) is 0 Å². The summed E-state index contributed by atoms with van der Waals surface area (Å²) in [4.78, 5) is 12.0. The third kappa shape index (κ3) is 4.20. The summed E-state index contributed by atoms with van der Waals surface area (Å²) in [6.07, 6.45) is -0.0584. The van der Waals surface area contributed by atoms with E-state index in [1.54, 1.807) is 13.8 Å². The summed E-state index contributed by atoms with van der Waals surface area (Å²) < 4.78 is 5.39. The van der Waals surface area contributed by atoms with Crippen LogP contribution in [0.25, 0.3) is 0 Å². The Bertz CT molecular complexity index is 440. The van der Waals surface area contributed by atoms with Crippen molar-refractivity contribution >= 4 is 11.9 Å². The fourth-order valence-electron chi connectivity index (χ4n) is 1.12. The topological polar surface area (TPSA) is 106 Å². The van der Waals surface area contributed by atoms with Crippen LogP contribution in [-0.2, 0) is 0 Å². The molecule has 0 bridgehead atoms. The number of aromatic nitrogens is 3. The number of hydrogen-bond acceptors (Lipinski definition) is 7. The van der Waals surface area contributed by atoms with Gasteiger partial charge >= 0.3 is 6.01 Å². The summed E-state index contributed by atoms with van der Waals surface area (Å²) in [5.41, 5.74) is 4.01. The molecule has 0 saturated heterocycles. The molecule has 0 saturated carbocycles. The summed E-state index contributed by atoms with van der Waals surface area (Å²) in [7, 11) is 0. The Balaban J connectivity index is 2.99. The first-order chi connectivity index (χ1) is 8.51. The molecule has 1 aromatic rings. The number of hydrogen-bond donors (Lipinski definition) is 3. The number of nitrogen functional groups attached to an aromatic ring is 1. The van der Waals surface area contributed by atoms with E-state index in [1.165, 1.54) is 0 Å². The van der Waals surface area contributed by atoms with E-state index < -0.39 is 11.1 Å². The monoisotopic (exact) mass is 269 g/mol. The van der Waals surface area contributed by atoms with Crippen LogP contribution in [0, 0.1) is 0 Å². The van der Waals surface area contributed by atoms with Gasteiger partial charge < -0.3 is 20.9 Å². The Morgan fingerprint density at radius 3 is 2.21 bits per heavy atom. The van der Waals surface area contributed by atoms with Crippen molar-refractivity contribution < 1.29 is 9.84 Å². The minimum absolute atomic E-state index is 0.0584. The Hall–Kier alpha value is -1.63. The van der Waals surface area contributed by atoms with Crippen LogP contribution in [0.2, 0.25) is 0 Å². The van der Waals surface area contributed by atoms with Crippen LogP contribution in [0.3, 0.4) is 0 Å². The number of anilines is 2. The molecule has 0 aliphatic carbocycles. The van der Waals surface area contributed by atoms with Gasteiger partial charge in [0, 0.05) is 0 Å². The van der Waals surface area contributed by atoms with Crippen molar-refractivity contribution in [1.82, 2.24) is 15.0 Å². The van der Waals surface area contributed by atoms with Gasteiger partial charge in [0.05, 0.1) is 17.2 Å². The zero-order valence-electron chi connectivity index (χ0n) is 12.4. The Morgan fingerprint density at radius 2 is 1.74 bits per heavy atom. The van der Waals surface area contributed by atoms with Crippen LogP contribution >= 0.6 is 0 Å². The fraction of sp³-hybridized carbons (Fsp3) is 0.750. The van der Waals surface area contributed by atoms with Gasteiger partial charge in [-0.3, -0.25) is 0 Å². The standard InChI is InChI=1S/C12H23N5O2/c1-7(2)19-10-15-8(13)14-9(16-10)17-11(3,4)12(5,6)18/h7,18H,1-6H3,(H3,13,14,15,16,17). The van der Waals surface area contributed by atoms with Gasteiger partial charge in [-0.15, -0.1) is 0 Å². The highest BCUT2D eigenvalue weighted by Crippen LogP contribution is 2.25. The summed E-state index contributed by atoms with van der Waals surface area (Å²) in [5, 5.41) is 13.1. The maximum atomic E-state index is 10.1. The zero-order chi connectivity index (χ0) is 14.8. The average molecular weight is 269 g/mol. The second kappa shape index (κ2) is 5.16. The molecule has 1 rings (SSSR count). The molecule has 19 heavy (non-hydrogen) atoms. The minimum atomic E-state index is -0.965. The Kier molecular flexibility index (Phi) is 4.19. The van der Waals surface area contributed by atoms with Crippen LogP contribution in [0.1, 0.15) is 41.5 Å². The molecule has 7 nitrogen and oxygen atoms in total. The first-order valence-electron chi connectivity index (χ1n) is 6.20. The van der Waals surface area contributed by atoms with Crippen LogP contribution in [0.5, 0.6) is 6.01 Å². The molecule has 4 N–H and O–H groups in total. The van der Waals surface area contributed by atoms with Crippen molar-refractivity contribution in [1.29, 1.82) is 0 Å². The van der Waals surface area contributed by atoms with Gasteiger partial charge in [-0.2, -0.15) is 15.0 Å². The van der Waals surface area contributed by atoms with Crippen LogP contribution in [-0.4, -0.2) is 37.3 Å².